The second-order valence-corrected chi connectivity index (χ2v) is 5.83. The van der Waals surface area contributed by atoms with E-state index in [1.54, 1.807) is 20.5 Å². The molecule has 134 valence electrons. The first-order valence-electron chi connectivity index (χ1n) is 8.31. The Kier molecular flexibility index (Phi) is 5.13. The number of nitrogens with zero attached hydrogens (tertiary/aromatic N) is 5. The van der Waals surface area contributed by atoms with Gasteiger partial charge in [0.2, 0.25) is 5.91 Å². The van der Waals surface area contributed by atoms with Crippen LogP contribution in [0.1, 0.15) is 23.1 Å². The molecule has 0 aliphatic carbocycles. The molecule has 3 rings (SSSR count). The molecule has 0 unspecified atom stereocenters. The molecule has 2 amide bonds. The van der Waals surface area contributed by atoms with Gasteiger partial charge in [0, 0.05) is 25.8 Å². The van der Waals surface area contributed by atoms with Crippen molar-refractivity contribution in [1.82, 2.24) is 24.5 Å². The molecule has 1 saturated heterocycles. The lowest BCUT2D eigenvalue weighted by Gasteiger charge is -2.27. The van der Waals surface area contributed by atoms with Crippen LogP contribution in [0.2, 0.25) is 0 Å². The average Bonchev–Trinajstić information content (AvgIpc) is 3.20. The second kappa shape index (κ2) is 7.47. The Labute approximate surface area is 145 Å². The number of nitrogens with one attached hydrogen (secondary N) is 1. The van der Waals surface area contributed by atoms with E-state index in [2.05, 4.69) is 15.5 Å². The zero-order chi connectivity index (χ0) is 17.8. The molecule has 1 aliphatic rings. The van der Waals surface area contributed by atoms with Crippen LogP contribution in [-0.2, 0) is 22.6 Å². The van der Waals surface area contributed by atoms with Gasteiger partial charge in [0.15, 0.2) is 0 Å². The number of ether oxygens (including phenoxy) is 1. The van der Waals surface area contributed by atoms with Crippen LogP contribution >= 0.6 is 0 Å². The molecule has 1 N–H and O–H groups in total. The van der Waals surface area contributed by atoms with E-state index in [1.807, 2.05) is 19.9 Å². The molecule has 0 radical (unpaired) electrons. The van der Waals surface area contributed by atoms with Gasteiger partial charge in [0.1, 0.15) is 12.2 Å². The molecule has 25 heavy (non-hydrogen) atoms. The van der Waals surface area contributed by atoms with Crippen molar-refractivity contribution in [2.75, 3.05) is 31.6 Å². The third-order valence-corrected chi connectivity index (χ3v) is 3.99. The molecule has 3 heterocycles. The van der Waals surface area contributed by atoms with E-state index in [0.717, 1.165) is 5.69 Å². The highest BCUT2D eigenvalue weighted by Gasteiger charge is 2.26. The van der Waals surface area contributed by atoms with Gasteiger partial charge in [-0.2, -0.15) is 10.2 Å². The molecule has 0 bridgehead atoms. The normalized spacial score (nSPS) is 14.6. The SMILES string of the molecule is CCn1ncc(NC(=O)Cn2ccc(C)n2)c1C(=O)N1CCOCC1. The lowest BCUT2D eigenvalue weighted by atomic mass is 10.2. The lowest BCUT2D eigenvalue weighted by molar-refractivity contribution is -0.116. The van der Waals surface area contributed by atoms with Crippen LogP contribution in [0, 0.1) is 6.92 Å². The number of amides is 2. The number of hydrogen-bond donors (Lipinski definition) is 1. The Bertz CT molecular complexity index is 760. The topological polar surface area (TPSA) is 94.3 Å². The van der Waals surface area contributed by atoms with E-state index in [0.29, 0.717) is 44.2 Å². The molecule has 2 aromatic rings. The van der Waals surface area contributed by atoms with Crippen LogP contribution in [-0.4, -0.2) is 62.6 Å². The fourth-order valence-corrected chi connectivity index (χ4v) is 2.75. The van der Waals surface area contributed by atoms with Gasteiger partial charge in [-0.3, -0.25) is 19.0 Å². The number of morpholine rings is 1. The van der Waals surface area contributed by atoms with E-state index in [9.17, 15) is 9.59 Å². The summed E-state index contributed by atoms with van der Waals surface area (Å²) >= 11 is 0. The van der Waals surface area contributed by atoms with Crippen LogP contribution in [0.5, 0.6) is 0 Å². The summed E-state index contributed by atoms with van der Waals surface area (Å²) in [5.41, 5.74) is 1.66. The number of hydrogen-bond acceptors (Lipinski definition) is 5. The first-order chi connectivity index (χ1) is 12.1. The molecule has 0 spiro atoms. The van der Waals surface area contributed by atoms with Crippen LogP contribution in [0.3, 0.4) is 0 Å². The van der Waals surface area contributed by atoms with Crippen molar-refractivity contribution in [1.29, 1.82) is 0 Å². The van der Waals surface area contributed by atoms with Gasteiger partial charge in [0.05, 0.1) is 30.8 Å². The largest absolute Gasteiger partial charge is 0.378 e. The number of carbonyl (C=O) groups excluding carboxylic acids is 2. The van der Waals surface area contributed by atoms with Gasteiger partial charge in [-0.1, -0.05) is 0 Å². The van der Waals surface area contributed by atoms with Crippen LogP contribution < -0.4 is 5.32 Å². The minimum Gasteiger partial charge on any atom is -0.378 e. The van der Waals surface area contributed by atoms with Gasteiger partial charge in [-0.05, 0) is 19.9 Å². The number of aryl methyl sites for hydroxylation is 2. The quantitative estimate of drug-likeness (QED) is 0.852. The van der Waals surface area contributed by atoms with Crippen molar-refractivity contribution in [2.45, 2.75) is 26.9 Å². The summed E-state index contributed by atoms with van der Waals surface area (Å²) in [7, 11) is 0. The van der Waals surface area contributed by atoms with Crippen molar-refractivity contribution in [3.63, 3.8) is 0 Å². The van der Waals surface area contributed by atoms with Gasteiger partial charge in [0.25, 0.3) is 5.91 Å². The van der Waals surface area contributed by atoms with E-state index in [1.165, 1.54) is 6.20 Å². The Morgan fingerprint density at radius 1 is 1.32 bits per heavy atom. The van der Waals surface area contributed by atoms with Crippen molar-refractivity contribution in [3.05, 3.63) is 29.8 Å². The standard InChI is InChI=1S/C16H22N6O3/c1-3-22-15(16(24)20-6-8-25-9-7-20)13(10-17-22)18-14(23)11-21-5-4-12(2)19-21/h4-5,10H,3,6-9,11H2,1-2H3,(H,18,23). The molecule has 0 aromatic carbocycles. The minimum absolute atomic E-state index is 0.0797. The third kappa shape index (κ3) is 3.87. The molecule has 1 aliphatic heterocycles. The highest BCUT2D eigenvalue weighted by Crippen LogP contribution is 2.18. The molecule has 1 fully saturated rings. The average molecular weight is 346 g/mol. The lowest BCUT2D eigenvalue weighted by Crippen LogP contribution is -2.41. The fraction of sp³-hybridized carbons (Fsp3) is 0.500. The first-order valence-corrected chi connectivity index (χ1v) is 8.31. The highest BCUT2D eigenvalue weighted by atomic mass is 16.5. The fourth-order valence-electron chi connectivity index (χ4n) is 2.75. The zero-order valence-electron chi connectivity index (χ0n) is 14.4. The summed E-state index contributed by atoms with van der Waals surface area (Å²) in [6, 6.07) is 1.83. The summed E-state index contributed by atoms with van der Waals surface area (Å²) in [6.07, 6.45) is 3.26. The molecular weight excluding hydrogens is 324 g/mol. The van der Waals surface area contributed by atoms with Gasteiger partial charge in [-0.25, -0.2) is 0 Å². The van der Waals surface area contributed by atoms with Gasteiger partial charge >= 0.3 is 0 Å². The Morgan fingerprint density at radius 2 is 2.08 bits per heavy atom. The zero-order valence-corrected chi connectivity index (χ0v) is 14.4. The van der Waals surface area contributed by atoms with Crippen molar-refractivity contribution < 1.29 is 14.3 Å². The smallest absolute Gasteiger partial charge is 0.274 e. The monoisotopic (exact) mass is 346 g/mol. The number of carbonyl (C=O) groups is 2. The molecule has 2 aromatic heterocycles. The first kappa shape index (κ1) is 17.2. The summed E-state index contributed by atoms with van der Waals surface area (Å²) in [5.74, 6) is -0.400. The third-order valence-electron chi connectivity index (χ3n) is 3.99. The van der Waals surface area contributed by atoms with Gasteiger partial charge in [-0.15, -0.1) is 0 Å². The molecule has 9 heteroatoms. The van der Waals surface area contributed by atoms with Crippen molar-refractivity contribution in [2.24, 2.45) is 0 Å². The molecule has 0 atom stereocenters. The molecule has 9 nitrogen and oxygen atoms in total. The van der Waals surface area contributed by atoms with E-state index in [-0.39, 0.29) is 18.4 Å². The number of aromatic nitrogens is 4. The summed E-state index contributed by atoms with van der Waals surface area (Å²) in [6.45, 7) is 6.50. The summed E-state index contributed by atoms with van der Waals surface area (Å²) in [5, 5.41) is 11.2. The maximum absolute atomic E-state index is 12.8. The predicted molar refractivity (Wildman–Crippen MR) is 90.2 cm³/mol. The maximum atomic E-state index is 12.8. The highest BCUT2D eigenvalue weighted by molar-refractivity contribution is 6.02. The van der Waals surface area contributed by atoms with Crippen LogP contribution in [0.4, 0.5) is 5.69 Å². The van der Waals surface area contributed by atoms with E-state index in [4.69, 9.17) is 4.74 Å². The molecule has 0 saturated carbocycles. The number of rotatable bonds is 5. The van der Waals surface area contributed by atoms with E-state index >= 15 is 0 Å². The molecular formula is C16H22N6O3. The minimum atomic E-state index is -0.255. The summed E-state index contributed by atoms with van der Waals surface area (Å²) in [4.78, 5) is 26.9. The van der Waals surface area contributed by atoms with E-state index < -0.39 is 0 Å². The van der Waals surface area contributed by atoms with Crippen molar-refractivity contribution in [3.8, 4) is 0 Å². The maximum Gasteiger partial charge on any atom is 0.274 e. The van der Waals surface area contributed by atoms with Gasteiger partial charge < -0.3 is 15.0 Å². The van der Waals surface area contributed by atoms with Crippen LogP contribution in [0.25, 0.3) is 0 Å². The van der Waals surface area contributed by atoms with Crippen LogP contribution in [0.15, 0.2) is 18.5 Å². The second-order valence-electron chi connectivity index (χ2n) is 5.83. The summed E-state index contributed by atoms with van der Waals surface area (Å²) < 4.78 is 8.45. The predicted octanol–water partition coefficient (Wildman–Crippen LogP) is 0.519. The van der Waals surface area contributed by atoms with Crippen molar-refractivity contribution >= 4 is 17.5 Å². The number of anilines is 1. The Hall–Kier alpha value is -2.68. The Morgan fingerprint density at radius 3 is 2.72 bits per heavy atom. The Balaban J connectivity index is 1.75.